The quantitative estimate of drug-likeness (QED) is 0.532. The number of aromatic carboxylic acids is 1. The number of nitrogen functional groups attached to an aromatic ring is 1. The number of benzene rings is 1. The van der Waals surface area contributed by atoms with E-state index in [1.165, 1.54) is 29.9 Å². The molecule has 2 aromatic rings. The second-order valence-electron chi connectivity index (χ2n) is 3.86. The fraction of sp³-hybridized carbons (Fsp3) is 0.0909. The number of anilines is 1. The monoisotopic (exact) mass is 294 g/mol. The van der Waals surface area contributed by atoms with E-state index in [4.69, 9.17) is 10.8 Å². The van der Waals surface area contributed by atoms with Gasteiger partial charge in [0.1, 0.15) is 0 Å². The molecule has 0 aliphatic heterocycles. The van der Waals surface area contributed by atoms with Gasteiger partial charge in [-0.1, -0.05) is 0 Å². The molecule has 0 radical (unpaired) electrons. The molecule has 0 fully saturated rings. The molecule has 0 unspecified atom stereocenters. The summed E-state index contributed by atoms with van der Waals surface area (Å²) in [5.74, 6) is -1.08. The fourth-order valence-corrected chi connectivity index (χ4v) is 2.25. The third kappa shape index (κ3) is 2.72. The van der Waals surface area contributed by atoms with Crippen LogP contribution in [0.1, 0.15) is 10.4 Å². The van der Waals surface area contributed by atoms with Crippen LogP contribution in [-0.2, 0) is 7.05 Å². The molecule has 104 valence electrons. The highest BCUT2D eigenvalue weighted by Crippen LogP contribution is 2.30. The number of carboxylic acids is 1. The maximum absolute atomic E-state index is 11.2. The Morgan fingerprint density at radius 3 is 2.75 bits per heavy atom. The van der Waals surface area contributed by atoms with Gasteiger partial charge in [0.2, 0.25) is 0 Å². The van der Waals surface area contributed by atoms with Crippen molar-refractivity contribution in [3.8, 4) is 0 Å². The van der Waals surface area contributed by atoms with E-state index in [-0.39, 0.29) is 16.4 Å². The van der Waals surface area contributed by atoms with Crippen LogP contribution in [0.3, 0.4) is 0 Å². The minimum Gasteiger partial charge on any atom is -0.478 e. The SMILES string of the molecule is Cn1[nH]c(=O)c(=O)nc1Sc1ccc(C(=O)O)cc1N. The maximum atomic E-state index is 11.2. The van der Waals surface area contributed by atoms with Crippen molar-refractivity contribution in [2.45, 2.75) is 10.1 Å². The molecular formula is C11H10N4O4S. The molecule has 4 N–H and O–H groups in total. The topological polar surface area (TPSA) is 131 Å². The minimum absolute atomic E-state index is 0.0650. The van der Waals surface area contributed by atoms with Gasteiger partial charge in [-0.15, -0.1) is 0 Å². The maximum Gasteiger partial charge on any atom is 0.339 e. The van der Waals surface area contributed by atoms with Gasteiger partial charge in [0.25, 0.3) is 0 Å². The van der Waals surface area contributed by atoms with Gasteiger partial charge in [-0.2, -0.15) is 4.98 Å². The van der Waals surface area contributed by atoms with E-state index >= 15 is 0 Å². The van der Waals surface area contributed by atoms with Crippen LogP contribution < -0.4 is 16.9 Å². The minimum atomic E-state index is -1.08. The number of aromatic amines is 1. The first-order valence-electron chi connectivity index (χ1n) is 5.36. The van der Waals surface area contributed by atoms with E-state index in [1.54, 1.807) is 0 Å². The molecule has 0 bridgehead atoms. The number of nitrogens with one attached hydrogen (secondary N) is 1. The Bertz CT molecular complexity index is 796. The Kier molecular flexibility index (Phi) is 3.61. The van der Waals surface area contributed by atoms with Crippen LogP contribution in [0.5, 0.6) is 0 Å². The standard InChI is InChI=1S/C11H10N4O4S/c1-15-11(13-8(16)9(17)14-15)20-7-3-2-5(10(18)19)4-6(7)12/h2-4H,12H2,1H3,(H,14,17)(H,18,19). The molecule has 9 heteroatoms. The molecule has 0 saturated carbocycles. The van der Waals surface area contributed by atoms with Gasteiger partial charge in [0, 0.05) is 17.6 Å². The number of carbonyl (C=O) groups is 1. The number of nitrogens with two attached hydrogens (primary N) is 1. The van der Waals surface area contributed by atoms with Crippen LogP contribution >= 0.6 is 11.8 Å². The molecule has 0 spiro atoms. The summed E-state index contributed by atoms with van der Waals surface area (Å²) in [5, 5.41) is 11.4. The van der Waals surface area contributed by atoms with Crippen LogP contribution in [0, 0.1) is 0 Å². The van der Waals surface area contributed by atoms with Crippen LogP contribution in [0.15, 0.2) is 37.8 Å². The van der Waals surface area contributed by atoms with Gasteiger partial charge in [-0.05, 0) is 30.0 Å². The van der Waals surface area contributed by atoms with Crippen LogP contribution in [0.2, 0.25) is 0 Å². The highest BCUT2D eigenvalue weighted by molar-refractivity contribution is 7.99. The molecule has 0 amide bonds. The van der Waals surface area contributed by atoms with Crippen LogP contribution in [0.25, 0.3) is 0 Å². The summed E-state index contributed by atoms with van der Waals surface area (Å²) < 4.78 is 1.29. The van der Waals surface area contributed by atoms with Gasteiger partial charge in [0.05, 0.1) is 5.56 Å². The van der Waals surface area contributed by atoms with E-state index in [0.29, 0.717) is 4.90 Å². The predicted molar refractivity (Wildman–Crippen MR) is 72.0 cm³/mol. The van der Waals surface area contributed by atoms with E-state index < -0.39 is 17.1 Å². The molecular weight excluding hydrogens is 284 g/mol. The number of hydrogen-bond donors (Lipinski definition) is 3. The van der Waals surface area contributed by atoms with Gasteiger partial charge < -0.3 is 10.8 Å². The van der Waals surface area contributed by atoms with Crippen molar-refractivity contribution < 1.29 is 9.90 Å². The highest BCUT2D eigenvalue weighted by atomic mass is 32.2. The van der Waals surface area contributed by atoms with E-state index in [9.17, 15) is 14.4 Å². The normalized spacial score (nSPS) is 10.4. The number of H-pyrrole nitrogens is 1. The fourth-order valence-electron chi connectivity index (χ4n) is 1.42. The number of carboxylic acid groups (broad SMARTS) is 1. The van der Waals surface area contributed by atoms with Gasteiger partial charge in [-0.25, -0.2) is 4.79 Å². The lowest BCUT2D eigenvalue weighted by Gasteiger charge is -2.08. The summed E-state index contributed by atoms with van der Waals surface area (Å²) >= 11 is 1.05. The summed E-state index contributed by atoms with van der Waals surface area (Å²) in [4.78, 5) is 37.3. The van der Waals surface area contributed by atoms with Gasteiger partial charge in [0.15, 0.2) is 5.16 Å². The third-order valence-corrected chi connectivity index (χ3v) is 3.55. The smallest absolute Gasteiger partial charge is 0.339 e. The Morgan fingerprint density at radius 2 is 2.15 bits per heavy atom. The van der Waals surface area contributed by atoms with Crippen molar-refractivity contribution >= 4 is 23.4 Å². The molecule has 8 nitrogen and oxygen atoms in total. The van der Waals surface area contributed by atoms with Crippen molar-refractivity contribution in [3.05, 3.63) is 44.5 Å². The van der Waals surface area contributed by atoms with Gasteiger partial charge >= 0.3 is 17.1 Å². The number of hydrogen-bond acceptors (Lipinski definition) is 6. The highest BCUT2D eigenvalue weighted by Gasteiger charge is 2.11. The average Bonchev–Trinajstić information content (AvgIpc) is 2.37. The summed E-state index contributed by atoms with van der Waals surface area (Å²) in [6, 6.07) is 4.22. The lowest BCUT2D eigenvalue weighted by atomic mass is 10.2. The van der Waals surface area contributed by atoms with Crippen molar-refractivity contribution in [3.63, 3.8) is 0 Å². The van der Waals surface area contributed by atoms with Gasteiger partial charge in [-0.3, -0.25) is 19.4 Å². The Labute approximate surface area is 116 Å². The molecule has 20 heavy (non-hydrogen) atoms. The Hall–Kier alpha value is -2.55. The van der Waals surface area contributed by atoms with Crippen LogP contribution in [0.4, 0.5) is 5.69 Å². The molecule has 2 rings (SSSR count). The number of rotatable bonds is 3. The van der Waals surface area contributed by atoms with Crippen molar-refractivity contribution in [1.82, 2.24) is 14.8 Å². The first-order valence-corrected chi connectivity index (χ1v) is 6.18. The van der Waals surface area contributed by atoms with E-state index in [2.05, 4.69) is 10.1 Å². The number of aryl methyl sites for hydroxylation is 1. The second kappa shape index (κ2) is 5.21. The first-order chi connectivity index (χ1) is 9.38. The second-order valence-corrected chi connectivity index (χ2v) is 4.87. The zero-order valence-corrected chi connectivity index (χ0v) is 11.1. The van der Waals surface area contributed by atoms with E-state index in [0.717, 1.165) is 11.8 Å². The summed E-state index contributed by atoms with van der Waals surface area (Å²) in [5.41, 5.74) is 4.35. The molecule has 0 atom stereocenters. The van der Waals surface area contributed by atoms with Crippen molar-refractivity contribution in [2.75, 3.05) is 5.73 Å². The molecule has 1 aromatic carbocycles. The average molecular weight is 294 g/mol. The summed E-state index contributed by atoms with van der Waals surface area (Å²) in [7, 11) is 1.53. The third-order valence-electron chi connectivity index (χ3n) is 2.41. The van der Waals surface area contributed by atoms with E-state index in [1.807, 2.05) is 0 Å². The lowest BCUT2D eigenvalue weighted by molar-refractivity contribution is 0.0697. The van der Waals surface area contributed by atoms with Crippen molar-refractivity contribution in [2.24, 2.45) is 7.05 Å². The van der Waals surface area contributed by atoms with Crippen LogP contribution in [-0.4, -0.2) is 25.8 Å². The lowest BCUT2D eigenvalue weighted by Crippen LogP contribution is -2.33. The number of aromatic nitrogens is 3. The first kappa shape index (κ1) is 13.9. The Morgan fingerprint density at radius 1 is 1.45 bits per heavy atom. The molecule has 0 aliphatic carbocycles. The summed E-state index contributed by atoms with van der Waals surface area (Å²) in [6.07, 6.45) is 0. The molecule has 0 aliphatic rings. The summed E-state index contributed by atoms with van der Waals surface area (Å²) in [6.45, 7) is 0. The Balaban J connectivity index is 2.40. The predicted octanol–water partition coefficient (Wildman–Crippen LogP) is -0.0998. The molecule has 1 heterocycles. The zero-order valence-electron chi connectivity index (χ0n) is 10.3. The largest absolute Gasteiger partial charge is 0.478 e. The molecule has 0 saturated heterocycles. The zero-order chi connectivity index (χ0) is 14.9. The number of nitrogens with zero attached hydrogens (tertiary/aromatic N) is 2. The van der Waals surface area contributed by atoms with Crippen molar-refractivity contribution in [1.29, 1.82) is 0 Å². The molecule has 1 aromatic heterocycles.